The molecular weight excluding hydrogens is 212 g/mol. The van der Waals surface area contributed by atoms with Crippen molar-refractivity contribution >= 4 is 5.96 Å². The highest BCUT2D eigenvalue weighted by atomic mass is 15.3. The van der Waals surface area contributed by atoms with Crippen LogP contribution >= 0.6 is 0 Å². The van der Waals surface area contributed by atoms with Gasteiger partial charge in [-0.15, -0.1) is 0 Å². The summed E-state index contributed by atoms with van der Waals surface area (Å²) in [6.07, 6.45) is 4.18. The van der Waals surface area contributed by atoms with Gasteiger partial charge in [0.1, 0.15) is 0 Å². The highest BCUT2D eigenvalue weighted by molar-refractivity contribution is 5.79. The molecule has 98 valence electrons. The zero-order chi connectivity index (χ0) is 12.4. The van der Waals surface area contributed by atoms with E-state index in [0.717, 1.165) is 24.5 Å². The van der Waals surface area contributed by atoms with Crippen molar-refractivity contribution < 1.29 is 0 Å². The van der Waals surface area contributed by atoms with Gasteiger partial charge in [0, 0.05) is 47.3 Å². The van der Waals surface area contributed by atoms with Crippen molar-refractivity contribution in [2.75, 3.05) is 47.8 Å². The molecule has 1 atom stereocenters. The molecule has 0 aromatic carbocycles. The van der Waals surface area contributed by atoms with Gasteiger partial charge >= 0.3 is 0 Å². The monoisotopic (exact) mass is 238 g/mol. The van der Waals surface area contributed by atoms with Crippen molar-refractivity contribution in [2.24, 2.45) is 10.9 Å². The van der Waals surface area contributed by atoms with Crippen molar-refractivity contribution in [2.45, 2.75) is 25.3 Å². The van der Waals surface area contributed by atoms with E-state index < -0.39 is 0 Å². The van der Waals surface area contributed by atoms with Crippen LogP contribution in [0.4, 0.5) is 0 Å². The van der Waals surface area contributed by atoms with Crippen LogP contribution < -0.4 is 0 Å². The van der Waals surface area contributed by atoms with Gasteiger partial charge in [0.05, 0.1) is 0 Å². The van der Waals surface area contributed by atoms with Crippen molar-refractivity contribution in [1.29, 1.82) is 0 Å². The average Bonchev–Trinajstić information content (AvgIpc) is 2.99. The maximum absolute atomic E-state index is 4.76. The first-order chi connectivity index (χ1) is 8.08. The summed E-state index contributed by atoms with van der Waals surface area (Å²) >= 11 is 0. The molecule has 1 heterocycles. The van der Waals surface area contributed by atoms with Gasteiger partial charge in [0.2, 0.25) is 0 Å². The maximum Gasteiger partial charge on any atom is 0.195 e. The van der Waals surface area contributed by atoms with Crippen LogP contribution in [0.25, 0.3) is 0 Å². The molecule has 1 saturated carbocycles. The van der Waals surface area contributed by atoms with E-state index in [4.69, 9.17) is 4.99 Å². The normalized spacial score (nSPS) is 24.8. The van der Waals surface area contributed by atoms with Crippen LogP contribution in [0.2, 0.25) is 0 Å². The minimum Gasteiger partial charge on any atom is -0.349 e. The minimum atomic E-state index is 0.769. The third-order valence-corrected chi connectivity index (χ3v) is 3.67. The summed E-state index contributed by atoms with van der Waals surface area (Å²) in [5, 5.41) is 0. The molecule has 2 fully saturated rings. The zero-order valence-electron chi connectivity index (χ0n) is 11.7. The van der Waals surface area contributed by atoms with Crippen molar-refractivity contribution in [3.63, 3.8) is 0 Å². The van der Waals surface area contributed by atoms with Gasteiger partial charge in [0.25, 0.3) is 0 Å². The van der Waals surface area contributed by atoms with Crippen LogP contribution in [0.5, 0.6) is 0 Å². The molecule has 1 aliphatic carbocycles. The Morgan fingerprint density at radius 1 is 1.12 bits per heavy atom. The van der Waals surface area contributed by atoms with E-state index in [0.29, 0.717) is 0 Å². The molecule has 4 heteroatoms. The first kappa shape index (κ1) is 12.7. The Balaban J connectivity index is 1.82. The Labute approximate surface area is 105 Å². The Kier molecular flexibility index (Phi) is 3.92. The van der Waals surface area contributed by atoms with Gasteiger partial charge in [0.15, 0.2) is 5.96 Å². The second-order valence-electron chi connectivity index (χ2n) is 5.81. The van der Waals surface area contributed by atoms with Crippen molar-refractivity contribution in [1.82, 2.24) is 14.7 Å². The van der Waals surface area contributed by atoms with Crippen LogP contribution in [0.15, 0.2) is 4.99 Å². The highest BCUT2D eigenvalue weighted by Crippen LogP contribution is 2.31. The first-order valence-corrected chi connectivity index (χ1v) is 6.71. The quantitative estimate of drug-likeness (QED) is 0.540. The lowest BCUT2D eigenvalue weighted by molar-refractivity contribution is 0.315. The smallest absolute Gasteiger partial charge is 0.195 e. The van der Waals surface area contributed by atoms with Gasteiger partial charge < -0.3 is 14.7 Å². The van der Waals surface area contributed by atoms with Gasteiger partial charge in [-0.05, 0) is 31.7 Å². The largest absolute Gasteiger partial charge is 0.349 e. The lowest BCUT2D eigenvalue weighted by Gasteiger charge is -2.23. The Morgan fingerprint density at radius 2 is 1.76 bits per heavy atom. The van der Waals surface area contributed by atoms with Crippen molar-refractivity contribution in [3.05, 3.63) is 0 Å². The zero-order valence-corrected chi connectivity index (χ0v) is 11.7. The second-order valence-corrected chi connectivity index (χ2v) is 5.81. The Morgan fingerprint density at radius 3 is 2.29 bits per heavy atom. The summed E-state index contributed by atoms with van der Waals surface area (Å²) in [4.78, 5) is 11.6. The summed E-state index contributed by atoms with van der Waals surface area (Å²) in [5.41, 5.74) is 0. The molecule has 1 unspecified atom stereocenters. The van der Waals surface area contributed by atoms with Gasteiger partial charge in [-0.25, -0.2) is 0 Å². The molecule has 1 aliphatic heterocycles. The molecule has 17 heavy (non-hydrogen) atoms. The summed E-state index contributed by atoms with van der Waals surface area (Å²) in [7, 11) is 8.24. The number of nitrogens with zero attached hydrogens (tertiary/aromatic N) is 4. The molecule has 2 aliphatic rings. The number of guanidine groups is 1. The molecule has 0 aromatic heterocycles. The first-order valence-electron chi connectivity index (χ1n) is 6.71. The summed E-state index contributed by atoms with van der Waals surface area (Å²) < 4.78 is 0. The Bertz CT molecular complexity index is 271. The molecule has 0 spiro atoms. The molecule has 1 saturated heterocycles. The van der Waals surface area contributed by atoms with E-state index in [-0.39, 0.29) is 0 Å². The Hall–Kier alpha value is -0.770. The van der Waals surface area contributed by atoms with Gasteiger partial charge in [-0.2, -0.15) is 0 Å². The number of likely N-dealkylation sites (tertiary alicyclic amines) is 1. The predicted molar refractivity (Wildman–Crippen MR) is 72.4 cm³/mol. The fourth-order valence-electron chi connectivity index (χ4n) is 2.68. The molecule has 0 N–H and O–H groups in total. The number of hydrogen-bond acceptors (Lipinski definition) is 2. The lowest BCUT2D eigenvalue weighted by Crippen LogP contribution is -2.36. The third kappa shape index (κ3) is 3.35. The van der Waals surface area contributed by atoms with Gasteiger partial charge in [-0.1, -0.05) is 0 Å². The molecule has 0 bridgehead atoms. The summed E-state index contributed by atoms with van der Waals surface area (Å²) in [6, 6.07) is 0.922. The van der Waals surface area contributed by atoms with Crippen LogP contribution in [0.1, 0.15) is 19.3 Å². The molecule has 0 amide bonds. The van der Waals surface area contributed by atoms with E-state index in [1.165, 1.54) is 32.4 Å². The third-order valence-electron chi connectivity index (χ3n) is 3.67. The summed E-state index contributed by atoms with van der Waals surface area (Å²) in [6.45, 7) is 3.54. The number of rotatable bonds is 3. The van der Waals surface area contributed by atoms with E-state index in [1.807, 2.05) is 0 Å². The van der Waals surface area contributed by atoms with E-state index in [9.17, 15) is 0 Å². The second kappa shape index (κ2) is 5.25. The molecule has 2 rings (SSSR count). The average molecular weight is 238 g/mol. The highest BCUT2D eigenvalue weighted by Gasteiger charge is 2.34. The molecule has 0 radical (unpaired) electrons. The van der Waals surface area contributed by atoms with Crippen LogP contribution in [-0.2, 0) is 0 Å². The fraction of sp³-hybridized carbons (Fsp3) is 0.923. The van der Waals surface area contributed by atoms with Crippen LogP contribution in [-0.4, -0.2) is 74.5 Å². The number of hydrogen-bond donors (Lipinski definition) is 0. The lowest BCUT2D eigenvalue weighted by atomic mass is 10.1. The molecular formula is C13H26N4. The maximum atomic E-state index is 4.76. The predicted octanol–water partition coefficient (Wildman–Crippen LogP) is 0.950. The van der Waals surface area contributed by atoms with Crippen molar-refractivity contribution in [3.8, 4) is 0 Å². The minimum absolute atomic E-state index is 0.769. The van der Waals surface area contributed by atoms with Crippen LogP contribution in [0.3, 0.4) is 0 Å². The van der Waals surface area contributed by atoms with E-state index in [1.54, 1.807) is 0 Å². The standard InChI is InChI=1S/C13H26N4/c1-15(2)13(16(3)4)14-9-11-7-8-17(10-11)12-5-6-12/h11-12H,5-10H2,1-4H3. The number of aliphatic imine (C=N–C) groups is 1. The van der Waals surface area contributed by atoms with E-state index in [2.05, 4.69) is 42.9 Å². The topological polar surface area (TPSA) is 22.1 Å². The molecule has 4 nitrogen and oxygen atoms in total. The SMILES string of the molecule is CN(C)C(=NCC1CCN(C2CC2)C1)N(C)C. The molecule has 0 aromatic rings. The summed E-state index contributed by atoms with van der Waals surface area (Å²) in [5.74, 6) is 1.85. The van der Waals surface area contributed by atoms with Gasteiger partial charge in [-0.3, -0.25) is 4.99 Å². The van der Waals surface area contributed by atoms with E-state index >= 15 is 0 Å². The fourth-order valence-corrected chi connectivity index (χ4v) is 2.68. The van der Waals surface area contributed by atoms with Crippen LogP contribution in [0, 0.1) is 5.92 Å².